The van der Waals surface area contributed by atoms with Gasteiger partial charge in [-0.05, 0) is 75.9 Å². The van der Waals surface area contributed by atoms with Crippen LogP contribution in [-0.4, -0.2) is 17.5 Å². The first-order valence-electron chi connectivity index (χ1n) is 10.8. The minimum Gasteiger partial charge on any atom is -0.455 e. The molecule has 6 heteroatoms. The topological polar surface area (TPSA) is 83.7 Å². The van der Waals surface area contributed by atoms with Crippen molar-refractivity contribution < 1.29 is 14.0 Å². The predicted octanol–water partition coefficient (Wildman–Crippen LogP) is 5.24. The van der Waals surface area contributed by atoms with E-state index in [-0.39, 0.29) is 17.6 Å². The van der Waals surface area contributed by atoms with Gasteiger partial charge in [0.25, 0.3) is 11.8 Å². The summed E-state index contributed by atoms with van der Waals surface area (Å²) in [6.45, 7) is 7.88. The average molecular weight is 430 g/mol. The van der Waals surface area contributed by atoms with Gasteiger partial charge in [0.15, 0.2) is 5.76 Å². The van der Waals surface area contributed by atoms with Crippen molar-refractivity contribution >= 4 is 23.2 Å². The van der Waals surface area contributed by atoms with Crippen LogP contribution >= 0.6 is 0 Å². The molecule has 0 atom stereocenters. The van der Waals surface area contributed by atoms with Crippen LogP contribution < -0.4 is 10.7 Å². The van der Waals surface area contributed by atoms with Crippen LogP contribution in [0.15, 0.2) is 52.0 Å². The molecule has 4 rings (SSSR count). The summed E-state index contributed by atoms with van der Waals surface area (Å²) in [5.74, 6) is 0.469. The Labute approximate surface area is 187 Å². The Bertz CT molecular complexity index is 1220. The Morgan fingerprint density at radius 2 is 1.66 bits per heavy atom. The van der Waals surface area contributed by atoms with E-state index in [1.807, 2.05) is 58.0 Å². The highest BCUT2D eigenvalue weighted by atomic mass is 16.4. The largest absolute Gasteiger partial charge is 0.455 e. The fourth-order valence-electron chi connectivity index (χ4n) is 3.89. The van der Waals surface area contributed by atoms with Crippen molar-refractivity contribution in [3.05, 3.63) is 87.4 Å². The summed E-state index contributed by atoms with van der Waals surface area (Å²) in [6, 6.07) is 13.1. The Kier molecular flexibility index (Phi) is 5.95. The number of furan rings is 1. The van der Waals surface area contributed by atoms with Gasteiger partial charge in [-0.1, -0.05) is 23.8 Å². The van der Waals surface area contributed by atoms with E-state index in [0.717, 1.165) is 52.3 Å². The number of hydrazone groups is 1. The summed E-state index contributed by atoms with van der Waals surface area (Å²) < 4.78 is 5.95. The number of nitrogens with one attached hydrogen (secondary N) is 2. The molecule has 2 aromatic carbocycles. The van der Waals surface area contributed by atoms with Gasteiger partial charge in [0, 0.05) is 28.8 Å². The Morgan fingerprint density at radius 1 is 0.906 bits per heavy atom. The van der Waals surface area contributed by atoms with Crippen molar-refractivity contribution in [3.63, 3.8) is 0 Å². The Hall–Kier alpha value is -3.67. The maximum atomic E-state index is 12.9. The van der Waals surface area contributed by atoms with Gasteiger partial charge in [-0.15, -0.1) is 0 Å². The molecule has 32 heavy (non-hydrogen) atoms. The lowest BCUT2D eigenvalue weighted by atomic mass is 9.93. The van der Waals surface area contributed by atoms with Crippen LogP contribution in [0.25, 0.3) is 0 Å². The third-order valence-electron chi connectivity index (χ3n) is 5.90. The smallest absolute Gasteiger partial charge is 0.291 e. The monoisotopic (exact) mass is 429 g/mol. The second kappa shape index (κ2) is 8.83. The number of carbonyl (C=O) groups excluding carboxylic acids is 2. The molecule has 164 valence electrons. The molecule has 3 aromatic rings. The molecule has 1 heterocycles. The van der Waals surface area contributed by atoms with Gasteiger partial charge in [0.1, 0.15) is 5.76 Å². The minimum absolute atomic E-state index is 0.265. The van der Waals surface area contributed by atoms with Crippen molar-refractivity contribution in [1.82, 2.24) is 5.43 Å². The van der Waals surface area contributed by atoms with Crippen LogP contribution in [0.1, 0.15) is 67.3 Å². The first kappa shape index (κ1) is 21.6. The molecule has 1 aromatic heterocycles. The van der Waals surface area contributed by atoms with Crippen molar-refractivity contribution in [1.29, 1.82) is 0 Å². The van der Waals surface area contributed by atoms with Gasteiger partial charge in [0.05, 0.1) is 5.71 Å². The number of hydrogen-bond donors (Lipinski definition) is 2. The van der Waals surface area contributed by atoms with E-state index in [1.165, 1.54) is 5.56 Å². The fourth-order valence-corrected chi connectivity index (χ4v) is 3.89. The van der Waals surface area contributed by atoms with E-state index in [0.29, 0.717) is 12.0 Å². The molecular weight excluding hydrogens is 402 g/mol. The highest BCUT2D eigenvalue weighted by Gasteiger charge is 2.28. The summed E-state index contributed by atoms with van der Waals surface area (Å²) in [5, 5.41) is 7.31. The standard InChI is InChI=1S/C26H27N3O3/c1-15-8-11-19(12-9-15)25(30)29-28-21-6-5-7-22-23(21)18(4)24(32-22)26(31)27-20-13-10-16(2)17(3)14-20/h8-14H,5-7H2,1-4H3,(H,27,31)(H,29,30)/b28-21+. The molecule has 0 radical (unpaired) electrons. The molecule has 0 saturated carbocycles. The molecule has 2 N–H and O–H groups in total. The van der Waals surface area contributed by atoms with E-state index < -0.39 is 0 Å². The van der Waals surface area contributed by atoms with Crippen molar-refractivity contribution in [3.8, 4) is 0 Å². The lowest BCUT2D eigenvalue weighted by Crippen LogP contribution is -2.22. The maximum absolute atomic E-state index is 12.9. The zero-order valence-corrected chi connectivity index (χ0v) is 18.8. The van der Waals surface area contributed by atoms with Crippen LogP contribution in [-0.2, 0) is 6.42 Å². The van der Waals surface area contributed by atoms with E-state index in [1.54, 1.807) is 12.1 Å². The first-order valence-corrected chi connectivity index (χ1v) is 10.8. The molecule has 0 bridgehead atoms. The molecule has 1 aliphatic carbocycles. The van der Waals surface area contributed by atoms with Gasteiger partial charge in [-0.3, -0.25) is 9.59 Å². The van der Waals surface area contributed by atoms with Gasteiger partial charge >= 0.3 is 0 Å². The van der Waals surface area contributed by atoms with Gasteiger partial charge in [-0.2, -0.15) is 5.10 Å². The normalized spacial score (nSPS) is 14.2. The zero-order valence-electron chi connectivity index (χ0n) is 18.8. The summed E-state index contributed by atoms with van der Waals surface area (Å²) in [6.07, 6.45) is 2.29. The second-order valence-corrected chi connectivity index (χ2v) is 8.33. The van der Waals surface area contributed by atoms with Crippen molar-refractivity contribution in [2.75, 3.05) is 5.32 Å². The highest BCUT2D eigenvalue weighted by Crippen LogP contribution is 2.30. The number of fused-ring (bicyclic) bond motifs is 1. The third-order valence-corrected chi connectivity index (χ3v) is 5.90. The average Bonchev–Trinajstić information content (AvgIpc) is 3.12. The van der Waals surface area contributed by atoms with E-state index in [9.17, 15) is 9.59 Å². The SMILES string of the molecule is Cc1ccc(C(=O)N/N=C2\CCCc3oc(C(=O)Nc4ccc(C)c(C)c4)c(C)c32)cc1. The van der Waals surface area contributed by atoms with Crippen LogP contribution in [0, 0.1) is 27.7 Å². The van der Waals surface area contributed by atoms with Gasteiger partial charge < -0.3 is 9.73 Å². The van der Waals surface area contributed by atoms with E-state index >= 15 is 0 Å². The minimum atomic E-state index is -0.289. The molecule has 6 nitrogen and oxygen atoms in total. The summed E-state index contributed by atoms with van der Waals surface area (Å²) in [7, 11) is 0. The van der Waals surface area contributed by atoms with Crippen molar-refractivity contribution in [2.24, 2.45) is 5.10 Å². The number of amides is 2. The third kappa shape index (κ3) is 4.35. The fraction of sp³-hybridized carbons (Fsp3) is 0.269. The van der Waals surface area contributed by atoms with Crippen LogP contribution in [0.3, 0.4) is 0 Å². The molecule has 2 amide bonds. The van der Waals surface area contributed by atoms with Crippen LogP contribution in [0.4, 0.5) is 5.69 Å². The lowest BCUT2D eigenvalue weighted by molar-refractivity contribution is 0.0953. The highest BCUT2D eigenvalue weighted by molar-refractivity contribution is 6.09. The Morgan fingerprint density at radius 3 is 2.38 bits per heavy atom. The van der Waals surface area contributed by atoms with Crippen LogP contribution in [0.5, 0.6) is 0 Å². The Balaban J connectivity index is 1.56. The summed E-state index contributed by atoms with van der Waals surface area (Å²) in [5.41, 5.74) is 9.59. The molecular formula is C26H27N3O3. The number of aryl methyl sites for hydroxylation is 4. The number of benzene rings is 2. The molecule has 0 aliphatic heterocycles. The van der Waals surface area contributed by atoms with E-state index in [4.69, 9.17) is 4.42 Å². The molecule has 0 saturated heterocycles. The molecule has 0 fully saturated rings. The van der Waals surface area contributed by atoms with Crippen molar-refractivity contribution in [2.45, 2.75) is 47.0 Å². The summed E-state index contributed by atoms with van der Waals surface area (Å²) >= 11 is 0. The lowest BCUT2D eigenvalue weighted by Gasteiger charge is -2.13. The molecule has 1 aliphatic rings. The van der Waals surface area contributed by atoms with E-state index in [2.05, 4.69) is 15.8 Å². The zero-order chi connectivity index (χ0) is 22.8. The molecule has 0 unspecified atom stereocenters. The number of anilines is 1. The summed E-state index contributed by atoms with van der Waals surface area (Å²) in [4.78, 5) is 25.4. The maximum Gasteiger partial charge on any atom is 0.291 e. The molecule has 0 spiro atoms. The number of hydrogen-bond acceptors (Lipinski definition) is 4. The van der Waals surface area contributed by atoms with Gasteiger partial charge in [0.2, 0.25) is 0 Å². The number of rotatable bonds is 4. The number of carbonyl (C=O) groups is 2. The quantitative estimate of drug-likeness (QED) is 0.557. The first-order chi connectivity index (χ1) is 15.3. The van der Waals surface area contributed by atoms with Gasteiger partial charge in [-0.25, -0.2) is 5.43 Å². The predicted molar refractivity (Wildman–Crippen MR) is 125 cm³/mol. The second-order valence-electron chi connectivity index (χ2n) is 8.33. The van der Waals surface area contributed by atoms with Crippen LogP contribution in [0.2, 0.25) is 0 Å². The number of nitrogens with zero attached hydrogens (tertiary/aromatic N) is 1.